The minimum Gasteiger partial charge on any atom is -0.468 e. The van der Waals surface area contributed by atoms with Gasteiger partial charge in [-0.25, -0.2) is 0 Å². The van der Waals surface area contributed by atoms with Gasteiger partial charge >= 0.3 is 17.9 Å². The van der Waals surface area contributed by atoms with Gasteiger partial charge in [-0.3, -0.25) is 14.4 Å². The van der Waals surface area contributed by atoms with Gasteiger partial charge in [0.15, 0.2) is 0 Å². The Balaban J connectivity index is 4.27. The average molecular weight is 457 g/mol. The van der Waals surface area contributed by atoms with Crippen LogP contribution < -0.4 is 0 Å². The predicted molar refractivity (Wildman–Crippen MR) is 127 cm³/mol. The van der Waals surface area contributed by atoms with Gasteiger partial charge in [0.2, 0.25) is 0 Å². The SMILES string of the molecule is CCCCCCCCCCCCCCCCC(C(=O)OC)(C(=O)OC)C(=O)OCCCC. The van der Waals surface area contributed by atoms with Crippen LogP contribution in [0.4, 0.5) is 0 Å². The van der Waals surface area contributed by atoms with E-state index in [1.54, 1.807) is 0 Å². The molecular formula is C26H48O6. The molecule has 0 unspecified atom stereocenters. The third-order valence-corrected chi connectivity index (χ3v) is 6.05. The van der Waals surface area contributed by atoms with Crippen LogP contribution in [0, 0.1) is 5.41 Å². The largest absolute Gasteiger partial charge is 0.468 e. The van der Waals surface area contributed by atoms with Crippen molar-refractivity contribution in [1.29, 1.82) is 0 Å². The molecule has 0 heterocycles. The quantitative estimate of drug-likeness (QED) is 0.0845. The molecule has 0 saturated heterocycles. The van der Waals surface area contributed by atoms with Gasteiger partial charge in [-0.15, -0.1) is 0 Å². The Bertz CT molecular complexity index is 487. The fourth-order valence-corrected chi connectivity index (χ4v) is 3.92. The number of ether oxygens (including phenoxy) is 3. The van der Waals surface area contributed by atoms with Crippen molar-refractivity contribution in [3.8, 4) is 0 Å². The first-order valence-corrected chi connectivity index (χ1v) is 12.8. The summed E-state index contributed by atoms with van der Waals surface area (Å²) in [5, 5.41) is 0. The van der Waals surface area contributed by atoms with Crippen molar-refractivity contribution in [2.45, 2.75) is 123 Å². The van der Waals surface area contributed by atoms with E-state index in [0.29, 0.717) is 12.8 Å². The van der Waals surface area contributed by atoms with Crippen molar-refractivity contribution in [3.63, 3.8) is 0 Å². The summed E-state index contributed by atoms with van der Waals surface area (Å²) < 4.78 is 14.8. The van der Waals surface area contributed by atoms with Crippen molar-refractivity contribution >= 4 is 17.9 Å². The van der Waals surface area contributed by atoms with Crippen LogP contribution in [0.3, 0.4) is 0 Å². The molecule has 188 valence electrons. The Morgan fingerprint density at radius 3 is 1.28 bits per heavy atom. The molecule has 0 saturated carbocycles. The lowest BCUT2D eigenvalue weighted by Crippen LogP contribution is -2.49. The van der Waals surface area contributed by atoms with Gasteiger partial charge in [0.25, 0.3) is 5.41 Å². The first-order valence-electron chi connectivity index (χ1n) is 12.8. The van der Waals surface area contributed by atoms with Gasteiger partial charge in [-0.2, -0.15) is 0 Å². The van der Waals surface area contributed by atoms with Crippen molar-refractivity contribution in [3.05, 3.63) is 0 Å². The third kappa shape index (κ3) is 11.9. The molecule has 0 aromatic carbocycles. The summed E-state index contributed by atoms with van der Waals surface area (Å²) in [6.07, 6.45) is 18.3. The third-order valence-electron chi connectivity index (χ3n) is 6.05. The van der Waals surface area contributed by atoms with Gasteiger partial charge < -0.3 is 14.2 Å². The standard InChI is InChI=1S/C26H48O6/c1-5-7-9-10-11-12-13-14-15-16-17-18-19-20-21-26(23(27)30-3,24(28)31-4)25(29)32-22-8-6-2/h5-22H2,1-4H3. The minimum absolute atomic E-state index is 0.0509. The van der Waals surface area contributed by atoms with Crippen LogP contribution in [0.2, 0.25) is 0 Å². The summed E-state index contributed by atoms with van der Waals surface area (Å²) in [4.78, 5) is 37.6. The molecule has 0 fully saturated rings. The van der Waals surface area contributed by atoms with Gasteiger partial charge in [0.05, 0.1) is 20.8 Å². The molecule has 0 bridgehead atoms. The van der Waals surface area contributed by atoms with E-state index in [-0.39, 0.29) is 13.0 Å². The van der Waals surface area contributed by atoms with Crippen LogP contribution in [0.5, 0.6) is 0 Å². The lowest BCUT2D eigenvalue weighted by atomic mass is 9.82. The lowest BCUT2D eigenvalue weighted by molar-refractivity contribution is -0.182. The zero-order chi connectivity index (χ0) is 24.1. The number of rotatable bonds is 21. The first kappa shape index (κ1) is 30.4. The van der Waals surface area contributed by atoms with E-state index in [9.17, 15) is 14.4 Å². The molecule has 6 heteroatoms. The lowest BCUT2D eigenvalue weighted by Gasteiger charge is -2.26. The zero-order valence-corrected chi connectivity index (χ0v) is 21.2. The van der Waals surface area contributed by atoms with Crippen LogP contribution in [-0.4, -0.2) is 38.7 Å². The molecule has 0 rings (SSSR count). The maximum atomic E-state index is 12.7. The van der Waals surface area contributed by atoms with Crippen LogP contribution in [-0.2, 0) is 28.6 Å². The number of esters is 3. The van der Waals surface area contributed by atoms with Crippen LogP contribution in [0.25, 0.3) is 0 Å². The number of hydrogen-bond donors (Lipinski definition) is 0. The molecule has 0 radical (unpaired) electrons. The molecule has 0 aliphatic carbocycles. The van der Waals surface area contributed by atoms with Crippen molar-refractivity contribution < 1.29 is 28.6 Å². The molecule has 0 aliphatic rings. The Hall–Kier alpha value is -1.59. The van der Waals surface area contributed by atoms with E-state index < -0.39 is 23.3 Å². The maximum absolute atomic E-state index is 12.7. The normalized spacial score (nSPS) is 11.2. The Kier molecular flexibility index (Phi) is 19.1. The van der Waals surface area contributed by atoms with Crippen LogP contribution >= 0.6 is 0 Å². The Morgan fingerprint density at radius 2 is 0.906 bits per heavy atom. The first-order chi connectivity index (χ1) is 15.5. The van der Waals surface area contributed by atoms with Crippen LogP contribution in [0.15, 0.2) is 0 Å². The molecule has 0 aliphatic heterocycles. The van der Waals surface area contributed by atoms with Gasteiger partial charge in [0, 0.05) is 0 Å². The summed E-state index contributed by atoms with van der Waals surface area (Å²) in [7, 11) is 2.34. The number of hydrogen-bond acceptors (Lipinski definition) is 6. The van der Waals surface area contributed by atoms with E-state index in [1.807, 2.05) is 6.92 Å². The molecule has 32 heavy (non-hydrogen) atoms. The van der Waals surface area contributed by atoms with E-state index in [4.69, 9.17) is 14.2 Å². The molecule has 0 aromatic heterocycles. The summed E-state index contributed by atoms with van der Waals surface area (Å²) >= 11 is 0. The molecule has 0 aromatic rings. The zero-order valence-electron chi connectivity index (χ0n) is 21.2. The molecule has 0 spiro atoms. The van der Waals surface area contributed by atoms with Crippen molar-refractivity contribution in [1.82, 2.24) is 0 Å². The topological polar surface area (TPSA) is 78.9 Å². The summed E-state index contributed by atoms with van der Waals surface area (Å²) in [5.41, 5.74) is -2.02. The van der Waals surface area contributed by atoms with E-state index in [1.165, 1.54) is 78.4 Å². The second-order valence-corrected chi connectivity index (χ2v) is 8.72. The molecule has 0 atom stereocenters. The number of carbonyl (C=O) groups excluding carboxylic acids is 3. The summed E-state index contributed by atoms with van der Waals surface area (Å²) in [6.45, 7) is 4.39. The monoisotopic (exact) mass is 456 g/mol. The predicted octanol–water partition coefficient (Wildman–Crippen LogP) is 6.53. The highest BCUT2D eigenvalue weighted by Crippen LogP contribution is 2.31. The van der Waals surface area contributed by atoms with E-state index in [0.717, 1.165) is 25.7 Å². The highest BCUT2D eigenvalue weighted by molar-refractivity contribution is 6.17. The van der Waals surface area contributed by atoms with E-state index in [2.05, 4.69) is 6.92 Å². The average Bonchev–Trinajstić information content (AvgIpc) is 2.80. The fraction of sp³-hybridized carbons (Fsp3) is 0.885. The Labute approximate surface area is 196 Å². The van der Waals surface area contributed by atoms with Crippen molar-refractivity contribution in [2.24, 2.45) is 5.41 Å². The van der Waals surface area contributed by atoms with Gasteiger partial charge in [-0.1, -0.05) is 110 Å². The molecule has 0 N–H and O–H groups in total. The minimum atomic E-state index is -2.02. The maximum Gasteiger partial charge on any atom is 0.335 e. The Morgan fingerprint density at radius 1 is 0.531 bits per heavy atom. The van der Waals surface area contributed by atoms with Gasteiger partial charge in [-0.05, 0) is 12.8 Å². The smallest absolute Gasteiger partial charge is 0.335 e. The second kappa shape index (κ2) is 20.0. The highest BCUT2D eigenvalue weighted by Gasteiger charge is 2.56. The van der Waals surface area contributed by atoms with Crippen molar-refractivity contribution in [2.75, 3.05) is 20.8 Å². The van der Waals surface area contributed by atoms with Gasteiger partial charge in [0.1, 0.15) is 0 Å². The molecule has 6 nitrogen and oxygen atoms in total. The summed E-state index contributed by atoms with van der Waals surface area (Å²) in [6, 6.07) is 0. The fourth-order valence-electron chi connectivity index (χ4n) is 3.92. The molecular weight excluding hydrogens is 408 g/mol. The number of carbonyl (C=O) groups is 3. The highest BCUT2D eigenvalue weighted by atomic mass is 16.6. The van der Waals surface area contributed by atoms with E-state index >= 15 is 0 Å². The second-order valence-electron chi connectivity index (χ2n) is 8.72. The number of unbranched alkanes of at least 4 members (excludes halogenated alkanes) is 14. The number of methoxy groups -OCH3 is 2. The molecule has 0 amide bonds. The summed E-state index contributed by atoms with van der Waals surface area (Å²) in [5.74, 6) is -2.67. The van der Waals surface area contributed by atoms with Crippen LogP contribution in [0.1, 0.15) is 123 Å².